The number of hydrogen-bond acceptors (Lipinski definition) is 4. The first-order valence-corrected chi connectivity index (χ1v) is 10.1. The summed E-state index contributed by atoms with van der Waals surface area (Å²) in [5, 5.41) is 9.20. The Morgan fingerprint density at radius 3 is 2.44 bits per heavy atom. The molecule has 0 saturated carbocycles. The molecular formula is C19H18N4O3S. The molecule has 0 aliphatic carbocycles. The van der Waals surface area contributed by atoms with E-state index in [2.05, 4.69) is 4.98 Å². The number of benzene rings is 2. The highest BCUT2D eigenvalue weighted by atomic mass is 32.2. The maximum atomic E-state index is 12.9. The number of sulfonamides is 1. The molecule has 1 N–H and O–H groups in total. The number of rotatable bonds is 3. The van der Waals surface area contributed by atoms with E-state index in [1.54, 1.807) is 16.7 Å². The lowest BCUT2D eigenvalue weighted by Gasteiger charge is -2.32. The maximum absolute atomic E-state index is 12.9. The van der Waals surface area contributed by atoms with Gasteiger partial charge in [0.1, 0.15) is 6.07 Å². The van der Waals surface area contributed by atoms with Gasteiger partial charge in [0.2, 0.25) is 10.0 Å². The second-order valence-electron chi connectivity index (χ2n) is 6.56. The van der Waals surface area contributed by atoms with Crippen molar-refractivity contribution in [2.24, 2.45) is 0 Å². The maximum Gasteiger partial charge on any atom is 0.326 e. The van der Waals surface area contributed by atoms with Crippen molar-refractivity contribution in [3.8, 4) is 6.07 Å². The zero-order chi connectivity index (χ0) is 19.0. The lowest BCUT2D eigenvalue weighted by atomic mass is 10.1. The fourth-order valence-corrected chi connectivity index (χ4v) is 5.31. The van der Waals surface area contributed by atoms with Crippen LogP contribution in [-0.2, 0) is 10.0 Å². The van der Waals surface area contributed by atoms with Gasteiger partial charge in [-0.25, -0.2) is 13.2 Å². The largest absolute Gasteiger partial charge is 0.326 e. The summed E-state index contributed by atoms with van der Waals surface area (Å²) in [6.45, 7) is 0.609. The second kappa shape index (κ2) is 6.68. The number of imidazole rings is 1. The van der Waals surface area contributed by atoms with Crippen LogP contribution in [0.1, 0.15) is 24.4 Å². The molecular weight excluding hydrogens is 364 g/mol. The Labute approximate surface area is 156 Å². The molecule has 1 saturated heterocycles. The van der Waals surface area contributed by atoms with Crippen molar-refractivity contribution in [3.63, 3.8) is 0 Å². The van der Waals surface area contributed by atoms with E-state index in [9.17, 15) is 18.5 Å². The SMILES string of the molecule is N#Cc1ccccc1S(=O)(=O)N1CCC(n2c(=O)[nH]c3ccccc32)CC1. The van der Waals surface area contributed by atoms with Crippen LogP contribution in [0.2, 0.25) is 0 Å². The van der Waals surface area contributed by atoms with Crippen LogP contribution in [0.25, 0.3) is 11.0 Å². The van der Waals surface area contributed by atoms with Crippen molar-refractivity contribution in [1.29, 1.82) is 5.26 Å². The number of fused-ring (bicyclic) bond motifs is 1. The first kappa shape index (κ1) is 17.5. The van der Waals surface area contributed by atoms with Crippen molar-refractivity contribution in [1.82, 2.24) is 13.9 Å². The number of nitriles is 1. The Morgan fingerprint density at radius 1 is 1.04 bits per heavy atom. The number of H-pyrrole nitrogens is 1. The summed E-state index contributed by atoms with van der Waals surface area (Å²) in [7, 11) is -3.73. The molecule has 1 fully saturated rings. The zero-order valence-corrected chi connectivity index (χ0v) is 15.3. The second-order valence-corrected chi connectivity index (χ2v) is 8.47. The Morgan fingerprint density at radius 2 is 1.70 bits per heavy atom. The summed E-state index contributed by atoms with van der Waals surface area (Å²) in [4.78, 5) is 15.2. The van der Waals surface area contributed by atoms with E-state index in [1.807, 2.05) is 30.3 Å². The highest BCUT2D eigenvalue weighted by Crippen LogP contribution is 2.29. The molecule has 4 rings (SSSR count). The molecule has 0 bridgehead atoms. The number of para-hydroxylation sites is 2. The van der Waals surface area contributed by atoms with E-state index in [1.165, 1.54) is 16.4 Å². The molecule has 0 unspecified atom stereocenters. The summed E-state index contributed by atoms with van der Waals surface area (Å²) >= 11 is 0. The summed E-state index contributed by atoms with van der Waals surface area (Å²) in [6, 6.07) is 15.6. The number of aromatic amines is 1. The van der Waals surface area contributed by atoms with E-state index in [-0.39, 0.29) is 22.2 Å². The summed E-state index contributed by atoms with van der Waals surface area (Å²) in [5.41, 5.74) is 1.58. The van der Waals surface area contributed by atoms with Gasteiger partial charge < -0.3 is 4.98 Å². The molecule has 7 nitrogen and oxygen atoms in total. The van der Waals surface area contributed by atoms with Crippen molar-refractivity contribution >= 4 is 21.1 Å². The van der Waals surface area contributed by atoms with Crippen molar-refractivity contribution in [2.45, 2.75) is 23.8 Å². The molecule has 2 aromatic carbocycles. The van der Waals surface area contributed by atoms with Gasteiger partial charge in [0, 0.05) is 19.1 Å². The van der Waals surface area contributed by atoms with Crippen LogP contribution in [0, 0.1) is 11.3 Å². The Hall–Kier alpha value is -2.89. The van der Waals surface area contributed by atoms with Gasteiger partial charge in [-0.05, 0) is 37.1 Å². The third kappa shape index (κ3) is 2.95. The Kier molecular flexibility index (Phi) is 4.34. The average molecular weight is 382 g/mol. The van der Waals surface area contributed by atoms with Crippen LogP contribution >= 0.6 is 0 Å². The fraction of sp³-hybridized carbons (Fsp3) is 0.263. The molecule has 1 aromatic heterocycles. The van der Waals surface area contributed by atoms with Crippen molar-refractivity contribution < 1.29 is 8.42 Å². The van der Waals surface area contributed by atoms with E-state index in [4.69, 9.17) is 0 Å². The summed E-state index contributed by atoms with van der Waals surface area (Å²) in [6.07, 6.45) is 1.07. The third-order valence-corrected chi connectivity index (χ3v) is 6.99. The minimum Gasteiger partial charge on any atom is -0.306 e. The van der Waals surface area contributed by atoms with Gasteiger partial charge in [0.15, 0.2) is 0 Å². The van der Waals surface area contributed by atoms with Crippen LogP contribution in [-0.4, -0.2) is 35.4 Å². The molecule has 2 heterocycles. The van der Waals surface area contributed by atoms with E-state index >= 15 is 0 Å². The first-order chi connectivity index (χ1) is 13.0. The van der Waals surface area contributed by atoms with E-state index < -0.39 is 10.0 Å². The van der Waals surface area contributed by atoms with Gasteiger partial charge in [-0.2, -0.15) is 9.57 Å². The molecule has 0 atom stereocenters. The average Bonchev–Trinajstić information content (AvgIpc) is 3.03. The zero-order valence-electron chi connectivity index (χ0n) is 14.5. The van der Waals surface area contributed by atoms with Gasteiger partial charge in [0.25, 0.3) is 0 Å². The predicted molar refractivity (Wildman–Crippen MR) is 101 cm³/mol. The summed E-state index contributed by atoms with van der Waals surface area (Å²) in [5.74, 6) is 0. The molecule has 3 aromatic rings. The highest BCUT2D eigenvalue weighted by Gasteiger charge is 2.32. The molecule has 0 radical (unpaired) electrons. The Balaban J connectivity index is 1.60. The van der Waals surface area contributed by atoms with Crippen molar-refractivity contribution in [3.05, 3.63) is 64.6 Å². The number of nitrogens with zero attached hydrogens (tertiary/aromatic N) is 3. The smallest absolute Gasteiger partial charge is 0.306 e. The monoisotopic (exact) mass is 382 g/mol. The predicted octanol–water partition coefficient (Wildman–Crippen LogP) is 2.23. The molecule has 0 amide bonds. The normalized spacial score (nSPS) is 16.4. The van der Waals surface area contributed by atoms with Gasteiger partial charge in [0.05, 0.1) is 21.5 Å². The number of piperidine rings is 1. The molecule has 1 aliphatic heterocycles. The molecule has 27 heavy (non-hydrogen) atoms. The van der Waals surface area contributed by atoms with Gasteiger partial charge in [-0.15, -0.1) is 0 Å². The van der Waals surface area contributed by atoms with Crippen molar-refractivity contribution in [2.75, 3.05) is 13.1 Å². The number of nitrogens with one attached hydrogen (secondary N) is 1. The lowest BCUT2D eigenvalue weighted by Crippen LogP contribution is -2.40. The minimum atomic E-state index is -3.73. The summed E-state index contributed by atoms with van der Waals surface area (Å²) < 4.78 is 29.0. The van der Waals surface area contributed by atoms with Crippen LogP contribution in [0.5, 0.6) is 0 Å². The Bertz CT molecular complexity index is 1200. The van der Waals surface area contributed by atoms with Gasteiger partial charge >= 0.3 is 5.69 Å². The number of aromatic nitrogens is 2. The number of hydrogen-bond donors (Lipinski definition) is 1. The van der Waals surface area contributed by atoms with E-state index in [0.717, 1.165) is 11.0 Å². The van der Waals surface area contributed by atoms with Gasteiger partial charge in [-0.3, -0.25) is 4.57 Å². The molecule has 8 heteroatoms. The fourth-order valence-electron chi connectivity index (χ4n) is 3.70. The van der Waals surface area contributed by atoms with E-state index in [0.29, 0.717) is 25.9 Å². The quantitative estimate of drug-likeness (QED) is 0.751. The lowest BCUT2D eigenvalue weighted by molar-refractivity contribution is 0.274. The highest BCUT2D eigenvalue weighted by molar-refractivity contribution is 7.89. The molecule has 1 aliphatic rings. The standard InChI is InChI=1S/C19H18N4O3S/c20-13-14-5-1-4-8-18(14)27(25,26)22-11-9-15(10-12-22)23-17-7-3-2-6-16(17)21-19(23)24/h1-8,15H,9-12H2,(H,21,24). The topological polar surface area (TPSA) is 99.0 Å². The van der Waals surface area contributed by atoms with Gasteiger partial charge in [-0.1, -0.05) is 24.3 Å². The first-order valence-electron chi connectivity index (χ1n) is 8.71. The van der Waals surface area contributed by atoms with Crippen LogP contribution in [0.4, 0.5) is 0 Å². The van der Waals surface area contributed by atoms with Crippen LogP contribution in [0.3, 0.4) is 0 Å². The molecule has 138 valence electrons. The molecule has 0 spiro atoms. The van der Waals surface area contributed by atoms with Crippen LogP contribution < -0.4 is 5.69 Å². The third-order valence-electron chi connectivity index (χ3n) is 5.04. The van der Waals surface area contributed by atoms with Crippen LogP contribution in [0.15, 0.2) is 58.2 Å². The minimum absolute atomic E-state index is 0.0372.